The van der Waals surface area contributed by atoms with E-state index in [-0.39, 0.29) is 39.7 Å². The van der Waals surface area contributed by atoms with Crippen LogP contribution in [0, 0.1) is 28.7 Å². The molecule has 0 unspecified atom stereocenters. The number of fused-ring (bicyclic) bond motifs is 2. The average molecular weight is 719 g/mol. The van der Waals surface area contributed by atoms with Crippen LogP contribution in [0.3, 0.4) is 0 Å². The molecule has 2 radical (unpaired) electrons. The molecule has 6 heteroatoms. The topological polar surface area (TPSA) is 25.8 Å². The number of rotatable bonds is 4. The molecule has 4 aromatic carbocycles. The molecule has 2 nitrogen and oxygen atoms in total. The van der Waals surface area contributed by atoms with Crippen molar-refractivity contribution in [1.29, 1.82) is 0 Å². The Hall–Kier alpha value is -2.36. The van der Waals surface area contributed by atoms with Gasteiger partial charge in [-0.1, -0.05) is 65.8 Å². The first-order chi connectivity index (χ1) is 19.3. The summed E-state index contributed by atoms with van der Waals surface area (Å²) in [5.74, 6) is 1.12. The molecule has 0 fully saturated rings. The summed E-state index contributed by atoms with van der Waals surface area (Å²) in [6.07, 6.45) is 3.71. The Morgan fingerprint density at radius 3 is 1.25 bits per heavy atom. The summed E-state index contributed by atoms with van der Waals surface area (Å²) >= 11 is 1.36. The zero-order chi connectivity index (χ0) is 28.8. The molecular weight excluding hydrogens is 675 g/mol. The minimum atomic E-state index is 0. The Morgan fingerprint density at radius 2 is 0.955 bits per heavy atom. The molecule has 2 aromatic heterocycles. The molecule has 0 aliphatic heterocycles. The fourth-order valence-corrected chi connectivity index (χ4v) is 5.09. The Labute approximate surface area is 294 Å². The summed E-state index contributed by atoms with van der Waals surface area (Å²) < 4.78 is 0. The van der Waals surface area contributed by atoms with Crippen molar-refractivity contribution in [2.45, 2.75) is 53.4 Å². The second kappa shape index (κ2) is 19.2. The van der Waals surface area contributed by atoms with Gasteiger partial charge >= 0.3 is 30.2 Å². The second-order valence-electron chi connectivity index (χ2n) is 10.8. The molecule has 232 valence electrons. The van der Waals surface area contributed by atoms with Crippen LogP contribution in [-0.4, -0.2) is 16.8 Å². The Kier molecular flexibility index (Phi) is 18.2. The van der Waals surface area contributed by atoms with Gasteiger partial charge in [0.2, 0.25) is 0 Å². The molecule has 6 rings (SSSR count). The van der Waals surface area contributed by atoms with Crippen LogP contribution in [0.4, 0.5) is 0 Å². The quantitative estimate of drug-likeness (QED) is 0.134. The first-order valence-corrected chi connectivity index (χ1v) is 18.0. The van der Waals surface area contributed by atoms with E-state index in [1.807, 2.05) is 36.7 Å². The van der Waals surface area contributed by atoms with E-state index in [9.17, 15) is 0 Å². The van der Waals surface area contributed by atoms with Crippen LogP contribution in [0.1, 0.15) is 61.8 Å². The molecule has 0 atom stereocenters. The van der Waals surface area contributed by atoms with E-state index in [1.54, 1.807) is 0 Å². The third-order valence-electron chi connectivity index (χ3n) is 7.47. The van der Waals surface area contributed by atoms with Crippen molar-refractivity contribution in [1.82, 2.24) is 9.97 Å². The minimum absolute atomic E-state index is 0. The summed E-state index contributed by atoms with van der Waals surface area (Å²) in [7, 11) is 0. The maximum atomic E-state index is 4.48. The van der Waals surface area contributed by atoms with E-state index >= 15 is 0 Å². The van der Waals surface area contributed by atoms with Gasteiger partial charge in [-0.3, -0.25) is 9.97 Å². The van der Waals surface area contributed by atoms with Gasteiger partial charge < -0.3 is 14.9 Å². The SMILES string of the molecule is Cc1ccc(-c2ccccn2)c2cc(C(C)C)[cH-]c12.Cc1ccc(-c2ccccn2)c2cc(C(C)C)[cH-]c12.Cl.Cl.[CH3-].[CH3-].[Si]=[Zr]. The summed E-state index contributed by atoms with van der Waals surface area (Å²) in [6.45, 7) is 16.4. The second-order valence-corrected chi connectivity index (χ2v) is 10.8. The van der Waals surface area contributed by atoms with Gasteiger partial charge in [0.05, 0.1) is 11.4 Å². The molecule has 0 saturated heterocycles. The number of hydrogen-bond acceptors (Lipinski definition) is 2. The monoisotopic (exact) mass is 716 g/mol. The van der Waals surface area contributed by atoms with E-state index < -0.39 is 0 Å². The van der Waals surface area contributed by atoms with Crippen molar-refractivity contribution >= 4 is 53.2 Å². The van der Waals surface area contributed by atoms with E-state index in [0.29, 0.717) is 11.8 Å². The third-order valence-corrected chi connectivity index (χ3v) is 7.47. The average Bonchev–Trinajstić information content (AvgIpc) is 3.63. The molecule has 0 saturated carbocycles. The Balaban J connectivity index is 0.000000733. The fourth-order valence-electron chi connectivity index (χ4n) is 5.09. The van der Waals surface area contributed by atoms with Gasteiger partial charge in [-0.05, 0) is 47.2 Å². The van der Waals surface area contributed by atoms with Crippen LogP contribution in [-0.2, 0) is 23.3 Å². The summed E-state index contributed by atoms with van der Waals surface area (Å²) in [5.41, 5.74) is 10.0. The normalized spacial score (nSPS) is 9.89. The number of halogens is 2. The van der Waals surface area contributed by atoms with Gasteiger partial charge in [0, 0.05) is 12.4 Å². The van der Waals surface area contributed by atoms with Gasteiger partial charge in [-0.15, -0.1) is 92.9 Å². The summed E-state index contributed by atoms with van der Waals surface area (Å²) in [4.78, 5) is 8.97. The van der Waals surface area contributed by atoms with Gasteiger partial charge in [0.1, 0.15) is 0 Å². The number of hydrogen-bond donors (Lipinski definition) is 0. The molecule has 0 spiro atoms. The first-order valence-electron chi connectivity index (χ1n) is 13.8. The Morgan fingerprint density at radius 1 is 0.591 bits per heavy atom. The fraction of sp³-hybridized carbons (Fsp3) is 0.211. The van der Waals surface area contributed by atoms with E-state index in [4.69, 9.17) is 0 Å². The van der Waals surface area contributed by atoms with Crippen LogP contribution in [0.5, 0.6) is 0 Å². The number of aromatic nitrogens is 2. The first kappa shape index (κ1) is 41.6. The Bertz CT molecular complexity index is 1580. The van der Waals surface area contributed by atoms with Crippen molar-refractivity contribution < 1.29 is 23.3 Å². The van der Waals surface area contributed by atoms with Crippen molar-refractivity contribution in [2.75, 3.05) is 0 Å². The van der Waals surface area contributed by atoms with Gasteiger partial charge in [-0.25, -0.2) is 0 Å². The molecule has 0 N–H and O–H groups in total. The van der Waals surface area contributed by atoms with Crippen molar-refractivity contribution in [3.63, 3.8) is 0 Å². The third kappa shape index (κ3) is 9.33. The van der Waals surface area contributed by atoms with Crippen LogP contribution in [0.2, 0.25) is 0 Å². The molecule has 0 bridgehead atoms. The van der Waals surface area contributed by atoms with Crippen molar-refractivity contribution in [3.8, 4) is 22.5 Å². The van der Waals surface area contributed by atoms with E-state index in [1.165, 1.54) is 78.3 Å². The van der Waals surface area contributed by atoms with Crippen LogP contribution >= 0.6 is 24.8 Å². The standard InChI is InChI=1S/2C18H18N.2CH3.2ClH.Si.Zr/c2*1-12(2)14-10-16-13(3)7-8-15(17(16)11-14)18-6-4-5-9-19-18;;;;;;/h2*4-12H,1-3H3;2*1H3;2*1H;;/q4*-1;;;;. The molecule has 0 aliphatic rings. The van der Waals surface area contributed by atoms with Crippen LogP contribution in [0.15, 0.2) is 97.3 Å². The predicted octanol–water partition coefficient (Wildman–Crippen LogP) is 11.5. The van der Waals surface area contributed by atoms with Crippen LogP contribution < -0.4 is 0 Å². The number of aryl methyl sites for hydroxylation is 2. The van der Waals surface area contributed by atoms with Gasteiger partial charge in [-0.2, -0.15) is 12.1 Å². The molecule has 2 heterocycles. The van der Waals surface area contributed by atoms with E-state index in [0.717, 1.165) is 11.4 Å². The molecule has 6 aromatic rings. The summed E-state index contributed by atoms with van der Waals surface area (Å²) in [5, 5.41) is 5.35. The zero-order valence-corrected chi connectivity index (χ0v) is 32.2. The van der Waals surface area contributed by atoms with Crippen molar-refractivity contribution in [2.24, 2.45) is 0 Å². The number of benzene rings is 2. The summed E-state index contributed by atoms with van der Waals surface area (Å²) in [6, 6.07) is 30.2. The van der Waals surface area contributed by atoms with Gasteiger partial charge in [0.15, 0.2) is 0 Å². The van der Waals surface area contributed by atoms with Gasteiger partial charge in [0.25, 0.3) is 0 Å². The molecule has 0 amide bonds. The van der Waals surface area contributed by atoms with Crippen LogP contribution in [0.25, 0.3) is 44.1 Å². The zero-order valence-electron chi connectivity index (χ0n) is 27.1. The van der Waals surface area contributed by atoms with E-state index in [2.05, 4.69) is 119 Å². The molecule has 44 heavy (non-hydrogen) atoms. The maximum absolute atomic E-state index is 4.48. The number of pyridine rings is 2. The molecule has 0 aliphatic carbocycles. The molecular formula is C38H44Cl2N2SiZr-4. The predicted molar refractivity (Wildman–Crippen MR) is 196 cm³/mol. The van der Waals surface area contributed by atoms with Crippen molar-refractivity contribution in [3.05, 3.63) is 134 Å². The number of nitrogens with zero attached hydrogens (tertiary/aromatic N) is 2.